The zero-order chi connectivity index (χ0) is 21.1. The average Bonchev–Trinajstić information content (AvgIpc) is 2.79. The van der Waals surface area contributed by atoms with Crippen molar-refractivity contribution in [2.45, 2.75) is 11.4 Å². The molecule has 0 bridgehead atoms. The molecule has 0 saturated carbocycles. The summed E-state index contributed by atoms with van der Waals surface area (Å²) in [6.45, 7) is 3.47. The number of hydrogen-bond acceptors (Lipinski definition) is 6. The average molecular weight is 423 g/mol. The van der Waals surface area contributed by atoms with Gasteiger partial charge in [-0.3, -0.25) is 24.8 Å². The van der Waals surface area contributed by atoms with Gasteiger partial charge in [0, 0.05) is 55.9 Å². The van der Waals surface area contributed by atoms with Crippen molar-refractivity contribution in [3.63, 3.8) is 0 Å². The summed E-state index contributed by atoms with van der Waals surface area (Å²) in [6, 6.07) is 14.9. The molecule has 1 saturated heterocycles. The van der Waals surface area contributed by atoms with E-state index in [1.807, 2.05) is 18.3 Å². The van der Waals surface area contributed by atoms with Gasteiger partial charge in [0.2, 0.25) is 0 Å². The van der Waals surface area contributed by atoms with Crippen LogP contribution in [0.3, 0.4) is 0 Å². The van der Waals surface area contributed by atoms with E-state index in [9.17, 15) is 14.9 Å². The number of carbonyl (C=O) groups is 1. The Balaban J connectivity index is 1.42. The number of amides is 1. The zero-order valence-corrected chi connectivity index (χ0v) is 17.5. The van der Waals surface area contributed by atoms with Gasteiger partial charge < -0.3 is 4.90 Å². The van der Waals surface area contributed by atoms with Crippen molar-refractivity contribution in [2.24, 2.45) is 0 Å². The summed E-state index contributed by atoms with van der Waals surface area (Å²) in [7, 11) is 0. The first-order valence-corrected chi connectivity index (χ1v) is 11.0. The molecule has 4 rings (SSSR count). The smallest absolute Gasteiger partial charge is 0.283 e. The fourth-order valence-corrected chi connectivity index (χ4v) is 4.34. The van der Waals surface area contributed by atoms with Gasteiger partial charge in [-0.1, -0.05) is 24.3 Å². The Kier molecular flexibility index (Phi) is 5.96. The Morgan fingerprint density at radius 1 is 1.13 bits per heavy atom. The molecule has 0 atom stereocenters. The highest BCUT2D eigenvalue weighted by molar-refractivity contribution is 7.98. The number of nitrogens with zero attached hydrogens (tertiary/aromatic N) is 4. The standard InChI is InChI=1S/C22H22N4O3S/c1-30-20-8-7-17(14-19(20)26(28)29)22(27)25-12-10-24(11-13-25)15-18-5-2-4-16-6-3-9-23-21(16)18/h2-9,14H,10-13,15H2,1H3. The summed E-state index contributed by atoms with van der Waals surface area (Å²) < 4.78 is 0. The fourth-order valence-electron chi connectivity index (χ4n) is 3.79. The van der Waals surface area contributed by atoms with Crippen LogP contribution in [-0.2, 0) is 6.54 Å². The Morgan fingerprint density at radius 2 is 1.90 bits per heavy atom. The van der Waals surface area contributed by atoms with Crippen LogP contribution in [0, 0.1) is 10.1 Å². The van der Waals surface area contributed by atoms with Crippen LogP contribution in [0.4, 0.5) is 5.69 Å². The second-order valence-corrected chi connectivity index (χ2v) is 8.05. The quantitative estimate of drug-likeness (QED) is 0.353. The van der Waals surface area contributed by atoms with E-state index in [0.717, 1.165) is 30.5 Å². The van der Waals surface area contributed by atoms with E-state index >= 15 is 0 Å². The van der Waals surface area contributed by atoms with Crippen LogP contribution >= 0.6 is 11.8 Å². The Labute approximate surface area is 178 Å². The maximum atomic E-state index is 12.9. The molecule has 1 aliphatic heterocycles. The van der Waals surface area contributed by atoms with Crippen molar-refractivity contribution in [3.8, 4) is 0 Å². The molecule has 2 aromatic carbocycles. The largest absolute Gasteiger partial charge is 0.336 e. The molecular formula is C22H22N4O3S. The van der Waals surface area contributed by atoms with Gasteiger partial charge in [-0.15, -0.1) is 11.8 Å². The molecule has 1 aromatic heterocycles. The maximum Gasteiger partial charge on any atom is 0.283 e. The van der Waals surface area contributed by atoms with Crippen LogP contribution in [0.5, 0.6) is 0 Å². The molecule has 154 valence electrons. The lowest BCUT2D eigenvalue weighted by Gasteiger charge is -2.35. The molecule has 2 heterocycles. The Morgan fingerprint density at radius 3 is 2.63 bits per heavy atom. The number of aromatic nitrogens is 1. The van der Waals surface area contributed by atoms with E-state index in [1.165, 1.54) is 23.4 Å². The summed E-state index contributed by atoms with van der Waals surface area (Å²) in [5.41, 5.74) is 2.54. The molecule has 0 N–H and O–H groups in total. The van der Waals surface area contributed by atoms with Gasteiger partial charge in [-0.2, -0.15) is 0 Å². The van der Waals surface area contributed by atoms with Gasteiger partial charge in [0.1, 0.15) is 0 Å². The van der Waals surface area contributed by atoms with E-state index in [4.69, 9.17) is 0 Å². The highest BCUT2D eigenvalue weighted by Gasteiger charge is 2.25. The topological polar surface area (TPSA) is 79.6 Å². The maximum absolute atomic E-state index is 12.9. The van der Waals surface area contributed by atoms with E-state index < -0.39 is 4.92 Å². The van der Waals surface area contributed by atoms with Gasteiger partial charge in [0.25, 0.3) is 11.6 Å². The third kappa shape index (κ3) is 4.15. The third-order valence-corrected chi connectivity index (χ3v) is 6.18. The molecule has 0 radical (unpaired) electrons. The molecule has 1 fully saturated rings. The normalized spacial score (nSPS) is 14.8. The lowest BCUT2D eigenvalue weighted by atomic mass is 10.1. The van der Waals surface area contributed by atoms with E-state index in [1.54, 1.807) is 23.3 Å². The number of benzene rings is 2. The molecule has 7 nitrogen and oxygen atoms in total. The highest BCUT2D eigenvalue weighted by Crippen LogP contribution is 2.29. The van der Waals surface area contributed by atoms with Crippen LogP contribution in [-0.4, -0.2) is 58.0 Å². The first-order chi connectivity index (χ1) is 14.6. The molecule has 1 aliphatic rings. The lowest BCUT2D eigenvalue weighted by Crippen LogP contribution is -2.48. The van der Waals surface area contributed by atoms with E-state index in [2.05, 4.69) is 28.1 Å². The number of carbonyl (C=O) groups excluding carboxylic acids is 1. The summed E-state index contributed by atoms with van der Waals surface area (Å²) in [5, 5.41) is 12.4. The summed E-state index contributed by atoms with van der Waals surface area (Å²) in [4.78, 5) is 32.9. The molecule has 0 unspecified atom stereocenters. The monoisotopic (exact) mass is 422 g/mol. The first-order valence-electron chi connectivity index (χ1n) is 9.73. The van der Waals surface area contributed by atoms with Crippen molar-refractivity contribution in [3.05, 3.63) is 76.0 Å². The number of nitro groups is 1. The van der Waals surface area contributed by atoms with Crippen molar-refractivity contribution < 1.29 is 9.72 Å². The minimum atomic E-state index is -0.432. The molecule has 1 amide bonds. The van der Waals surface area contributed by atoms with Gasteiger partial charge in [0.15, 0.2) is 0 Å². The number of piperazine rings is 1. The molecule has 30 heavy (non-hydrogen) atoms. The molecule has 3 aromatic rings. The van der Waals surface area contributed by atoms with Crippen LogP contribution in [0.1, 0.15) is 15.9 Å². The second kappa shape index (κ2) is 8.81. The minimum Gasteiger partial charge on any atom is -0.336 e. The number of hydrogen-bond donors (Lipinski definition) is 0. The molecular weight excluding hydrogens is 400 g/mol. The summed E-state index contributed by atoms with van der Waals surface area (Å²) >= 11 is 1.30. The van der Waals surface area contributed by atoms with Crippen molar-refractivity contribution in [1.29, 1.82) is 0 Å². The SMILES string of the molecule is CSc1ccc(C(=O)N2CCN(Cc3cccc4cccnc34)CC2)cc1[N+](=O)[O-]. The fraction of sp³-hybridized carbons (Fsp3) is 0.273. The van der Waals surface area contributed by atoms with Crippen LogP contribution in [0.2, 0.25) is 0 Å². The van der Waals surface area contributed by atoms with Gasteiger partial charge >= 0.3 is 0 Å². The Bertz CT molecular complexity index is 1090. The minimum absolute atomic E-state index is 0.0181. The highest BCUT2D eigenvalue weighted by atomic mass is 32.2. The summed E-state index contributed by atoms with van der Waals surface area (Å²) in [6.07, 6.45) is 3.60. The Hall–Kier alpha value is -2.97. The number of rotatable bonds is 5. The number of pyridine rings is 1. The van der Waals surface area contributed by atoms with Gasteiger partial charge in [-0.05, 0) is 30.0 Å². The van der Waals surface area contributed by atoms with E-state index in [-0.39, 0.29) is 11.6 Å². The van der Waals surface area contributed by atoms with Crippen LogP contribution in [0.15, 0.2) is 59.6 Å². The summed E-state index contributed by atoms with van der Waals surface area (Å²) in [5.74, 6) is -0.155. The lowest BCUT2D eigenvalue weighted by molar-refractivity contribution is -0.387. The van der Waals surface area contributed by atoms with Crippen molar-refractivity contribution in [2.75, 3.05) is 32.4 Å². The molecule has 8 heteroatoms. The first kappa shape index (κ1) is 20.3. The second-order valence-electron chi connectivity index (χ2n) is 7.20. The van der Waals surface area contributed by atoms with Crippen molar-refractivity contribution >= 4 is 34.3 Å². The predicted molar refractivity (Wildman–Crippen MR) is 118 cm³/mol. The van der Waals surface area contributed by atoms with Crippen LogP contribution < -0.4 is 0 Å². The number of thioether (sulfide) groups is 1. The molecule has 0 aliphatic carbocycles. The van der Waals surface area contributed by atoms with Gasteiger partial charge in [0.05, 0.1) is 15.3 Å². The van der Waals surface area contributed by atoms with Gasteiger partial charge in [-0.25, -0.2) is 0 Å². The number of fused-ring (bicyclic) bond motifs is 1. The number of nitro benzene ring substituents is 1. The third-order valence-electron chi connectivity index (χ3n) is 5.39. The van der Waals surface area contributed by atoms with E-state index in [0.29, 0.717) is 23.5 Å². The number of para-hydroxylation sites is 1. The van der Waals surface area contributed by atoms with Crippen molar-refractivity contribution in [1.82, 2.24) is 14.8 Å². The predicted octanol–water partition coefficient (Wildman–Crippen LogP) is 3.82. The zero-order valence-electron chi connectivity index (χ0n) is 16.7. The van der Waals surface area contributed by atoms with Crippen LogP contribution in [0.25, 0.3) is 10.9 Å². The molecule has 0 spiro atoms.